The topological polar surface area (TPSA) is 84.2 Å². The number of aryl methyl sites for hydroxylation is 2. The van der Waals surface area contributed by atoms with E-state index >= 15 is 0 Å². The van der Waals surface area contributed by atoms with Gasteiger partial charge in [-0.3, -0.25) is 0 Å². The van der Waals surface area contributed by atoms with Gasteiger partial charge in [0.1, 0.15) is 5.82 Å². The summed E-state index contributed by atoms with van der Waals surface area (Å²) in [4.78, 5) is 4.12. The van der Waals surface area contributed by atoms with Gasteiger partial charge in [0.05, 0.1) is 0 Å². The smallest absolute Gasteiger partial charge is 0.259 e. The minimum Gasteiger partial charge on any atom is -0.396 e. The summed E-state index contributed by atoms with van der Waals surface area (Å²) in [5, 5.41) is 9.43. The number of nitrogens with zero attached hydrogens (tertiary/aromatic N) is 2. The second-order valence-electron chi connectivity index (χ2n) is 5.37. The van der Waals surface area contributed by atoms with Crippen molar-refractivity contribution in [3.63, 3.8) is 0 Å². The molecule has 1 heterocycles. The number of rotatable bonds is 5. The van der Waals surface area contributed by atoms with E-state index in [0.29, 0.717) is 12.4 Å². The monoisotopic (exact) mass is 301 g/mol. The fraction of sp³-hybridized carbons (Fsp3) is 0.769. The molecule has 0 bridgehead atoms. The molecule has 0 aromatic carbocycles. The number of sulfonamides is 1. The number of aromatic nitrogens is 2. The van der Waals surface area contributed by atoms with Crippen LogP contribution < -0.4 is 4.72 Å². The van der Waals surface area contributed by atoms with Crippen LogP contribution in [-0.2, 0) is 16.6 Å². The van der Waals surface area contributed by atoms with Crippen molar-refractivity contribution >= 4 is 10.0 Å². The molecule has 0 spiro atoms. The second kappa shape index (κ2) is 6.24. The first-order valence-corrected chi connectivity index (χ1v) is 8.63. The van der Waals surface area contributed by atoms with Gasteiger partial charge in [0.15, 0.2) is 5.03 Å². The molecule has 114 valence electrons. The molecule has 2 atom stereocenters. The van der Waals surface area contributed by atoms with Crippen LogP contribution in [0.3, 0.4) is 0 Å². The lowest BCUT2D eigenvalue weighted by Crippen LogP contribution is -2.43. The zero-order chi connectivity index (χ0) is 14.8. The van der Waals surface area contributed by atoms with Crippen LogP contribution in [0.2, 0.25) is 0 Å². The molecule has 2 unspecified atom stereocenters. The van der Waals surface area contributed by atoms with Gasteiger partial charge >= 0.3 is 0 Å². The van der Waals surface area contributed by atoms with Gasteiger partial charge in [-0.25, -0.2) is 18.1 Å². The fourth-order valence-electron chi connectivity index (χ4n) is 2.77. The maximum absolute atomic E-state index is 12.4. The first kappa shape index (κ1) is 15.5. The average Bonchev–Trinajstić information content (AvgIpc) is 2.81. The van der Waals surface area contributed by atoms with Crippen LogP contribution in [-0.4, -0.2) is 35.7 Å². The summed E-state index contributed by atoms with van der Waals surface area (Å²) in [6.45, 7) is 4.45. The summed E-state index contributed by atoms with van der Waals surface area (Å²) in [6.07, 6.45) is 5.25. The summed E-state index contributed by atoms with van der Waals surface area (Å²) in [7, 11) is -3.61. The van der Waals surface area contributed by atoms with Gasteiger partial charge in [-0.05, 0) is 32.6 Å². The van der Waals surface area contributed by atoms with Crippen LogP contribution >= 0.6 is 0 Å². The van der Waals surface area contributed by atoms with Crippen LogP contribution in [0.1, 0.15) is 38.4 Å². The summed E-state index contributed by atoms with van der Waals surface area (Å²) < 4.78 is 29.3. The van der Waals surface area contributed by atoms with E-state index < -0.39 is 10.0 Å². The molecule has 1 fully saturated rings. The van der Waals surface area contributed by atoms with Crippen LogP contribution in [0.5, 0.6) is 0 Å². The number of hydrogen-bond acceptors (Lipinski definition) is 4. The Morgan fingerprint density at radius 3 is 2.75 bits per heavy atom. The van der Waals surface area contributed by atoms with Gasteiger partial charge < -0.3 is 9.67 Å². The first-order valence-electron chi connectivity index (χ1n) is 7.15. The van der Waals surface area contributed by atoms with Gasteiger partial charge in [0.25, 0.3) is 10.0 Å². The van der Waals surface area contributed by atoms with Gasteiger partial charge in [0.2, 0.25) is 0 Å². The number of nitrogens with one attached hydrogen (secondary N) is 1. The molecule has 2 N–H and O–H groups in total. The Balaban J connectivity index is 2.17. The maximum atomic E-state index is 12.4. The highest BCUT2D eigenvalue weighted by atomic mass is 32.2. The molecule has 1 aliphatic rings. The third kappa shape index (κ3) is 3.21. The largest absolute Gasteiger partial charge is 0.396 e. The third-order valence-corrected chi connectivity index (χ3v) is 5.38. The minimum atomic E-state index is -3.61. The van der Waals surface area contributed by atoms with Gasteiger partial charge in [0, 0.05) is 25.4 Å². The van der Waals surface area contributed by atoms with Crippen molar-refractivity contribution in [3.05, 3.63) is 12.0 Å². The van der Waals surface area contributed by atoms with Crippen molar-refractivity contribution in [2.24, 2.45) is 5.92 Å². The Labute approximate surface area is 120 Å². The SMILES string of the molecule is CCn1cc(S(=O)(=O)NC2CCCCC2CO)nc1C. The van der Waals surface area contributed by atoms with E-state index in [-0.39, 0.29) is 23.6 Å². The van der Waals surface area contributed by atoms with Crippen LogP contribution in [0, 0.1) is 12.8 Å². The van der Waals surface area contributed by atoms with E-state index in [0.717, 1.165) is 25.7 Å². The van der Waals surface area contributed by atoms with Crippen LogP contribution in [0.25, 0.3) is 0 Å². The van der Waals surface area contributed by atoms with E-state index in [2.05, 4.69) is 9.71 Å². The van der Waals surface area contributed by atoms with Crippen LogP contribution in [0.15, 0.2) is 11.2 Å². The molecule has 1 saturated carbocycles. The first-order chi connectivity index (χ1) is 9.47. The average molecular weight is 301 g/mol. The highest BCUT2D eigenvalue weighted by Crippen LogP contribution is 2.25. The summed E-state index contributed by atoms with van der Waals surface area (Å²) in [6, 6.07) is -0.189. The molecule has 0 amide bonds. The fourth-order valence-corrected chi connectivity index (χ4v) is 4.12. The van der Waals surface area contributed by atoms with Crippen LogP contribution in [0.4, 0.5) is 0 Å². The standard InChI is InChI=1S/C13H23N3O3S/c1-3-16-8-13(14-10(16)2)20(18,19)15-12-7-5-4-6-11(12)9-17/h8,11-12,15,17H,3-7,9H2,1-2H3. The highest BCUT2D eigenvalue weighted by molar-refractivity contribution is 7.89. The van der Waals surface area contributed by atoms with Crippen molar-refractivity contribution in [2.45, 2.75) is 57.1 Å². The molecule has 0 aliphatic heterocycles. The molecule has 1 aliphatic carbocycles. The van der Waals surface area contributed by atoms with Gasteiger partial charge in [-0.2, -0.15) is 0 Å². The molecular formula is C13H23N3O3S. The lowest BCUT2D eigenvalue weighted by atomic mass is 9.86. The molecule has 20 heavy (non-hydrogen) atoms. The minimum absolute atomic E-state index is 0.00730. The van der Waals surface area contributed by atoms with Crippen molar-refractivity contribution in [1.82, 2.24) is 14.3 Å². The summed E-state index contributed by atoms with van der Waals surface area (Å²) in [5.41, 5.74) is 0. The molecule has 1 aromatic heterocycles. The van der Waals surface area contributed by atoms with Crippen molar-refractivity contribution < 1.29 is 13.5 Å². The third-order valence-electron chi connectivity index (χ3n) is 4.02. The van der Waals surface area contributed by atoms with E-state index in [1.807, 2.05) is 6.92 Å². The van der Waals surface area contributed by atoms with E-state index in [9.17, 15) is 13.5 Å². The molecule has 0 radical (unpaired) electrons. The number of aliphatic hydroxyl groups is 1. The summed E-state index contributed by atoms with van der Waals surface area (Å²) >= 11 is 0. The second-order valence-corrected chi connectivity index (χ2v) is 7.03. The van der Waals surface area contributed by atoms with E-state index in [4.69, 9.17) is 0 Å². The normalized spacial score (nSPS) is 23.9. The Morgan fingerprint density at radius 1 is 1.45 bits per heavy atom. The Morgan fingerprint density at radius 2 is 2.15 bits per heavy atom. The van der Waals surface area contributed by atoms with Gasteiger partial charge in [-0.15, -0.1) is 0 Å². The van der Waals surface area contributed by atoms with Gasteiger partial charge in [-0.1, -0.05) is 12.8 Å². The zero-order valence-corrected chi connectivity index (χ0v) is 12.9. The molecule has 2 rings (SSSR count). The molecule has 7 heteroatoms. The predicted molar refractivity (Wildman–Crippen MR) is 75.8 cm³/mol. The number of hydrogen-bond donors (Lipinski definition) is 2. The van der Waals surface area contributed by atoms with Crippen molar-refractivity contribution in [2.75, 3.05) is 6.61 Å². The van der Waals surface area contributed by atoms with E-state index in [1.54, 1.807) is 17.7 Å². The quantitative estimate of drug-likeness (QED) is 0.851. The number of aliphatic hydroxyl groups excluding tert-OH is 1. The lowest BCUT2D eigenvalue weighted by molar-refractivity contribution is 0.164. The van der Waals surface area contributed by atoms with E-state index in [1.165, 1.54) is 0 Å². The zero-order valence-electron chi connectivity index (χ0n) is 12.0. The lowest BCUT2D eigenvalue weighted by Gasteiger charge is -2.30. The molecule has 0 saturated heterocycles. The Kier molecular flexibility index (Phi) is 4.82. The summed E-state index contributed by atoms with van der Waals surface area (Å²) in [5.74, 6) is 0.697. The molecule has 6 nitrogen and oxygen atoms in total. The molecular weight excluding hydrogens is 278 g/mol. The highest BCUT2D eigenvalue weighted by Gasteiger charge is 2.30. The predicted octanol–water partition coefficient (Wildman–Crippen LogP) is 1.04. The molecule has 1 aromatic rings. The van der Waals surface area contributed by atoms with Crippen molar-refractivity contribution in [1.29, 1.82) is 0 Å². The number of imidazole rings is 1. The Hall–Kier alpha value is -0.920. The Bertz CT molecular complexity index is 553. The maximum Gasteiger partial charge on any atom is 0.259 e. The van der Waals surface area contributed by atoms with Crippen molar-refractivity contribution in [3.8, 4) is 0 Å².